The number of nitrogens with two attached hydrogens (primary N) is 1. The fourth-order valence-electron chi connectivity index (χ4n) is 2.96. The molecule has 10 nitrogen and oxygen atoms in total. The molecule has 0 aliphatic rings. The van der Waals surface area contributed by atoms with Gasteiger partial charge in [0.15, 0.2) is 0 Å². The van der Waals surface area contributed by atoms with Crippen molar-refractivity contribution in [2.45, 2.75) is 19.0 Å². The Labute approximate surface area is 181 Å². The van der Waals surface area contributed by atoms with Crippen molar-refractivity contribution in [3.63, 3.8) is 0 Å². The number of carbonyl (C=O) groups excluding carboxylic acids is 1. The number of benzene rings is 1. The fraction of sp³-hybridized carbons (Fsp3) is 0.286. The molecule has 2 rings (SSSR count). The molecule has 0 radical (unpaired) electrons. The Morgan fingerprint density at radius 3 is 2.74 bits per heavy atom. The minimum atomic E-state index is -0.488. The van der Waals surface area contributed by atoms with Gasteiger partial charge in [0.05, 0.1) is 29.7 Å². The van der Waals surface area contributed by atoms with Crippen LogP contribution in [0.1, 0.15) is 29.3 Å². The van der Waals surface area contributed by atoms with Gasteiger partial charge < -0.3 is 26.5 Å². The van der Waals surface area contributed by atoms with Crippen molar-refractivity contribution in [2.75, 3.05) is 30.9 Å². The highest BCUT2D eigenvalue weighted by Crippen LogP contribution is 2.23. The van der Waals surface area contributed by atoms with Crippen molar-refractivity contribution in [1.29, 1.82) is 10.9 Å². The van der Waals surface area contributed by atoms with E-state index in [0.717, 1.165) is 5.56 Å². The molecule has 0 saturated carbocycles. The zero-order valence-corrected chi connectivity index (χ0v) is 17.4. The number of hydrogen-bond donors (Lipinski definition) is 6. The SMILES string of the molecule is C=C(CC(NC(=O)Nc1cc(C=N)c(NCCOC)c(CN)n1)c1ccccc1)N=N. The summed E-state index contributed by atoms with van der Waals surface area (Å²) in [6.45, 7) is 4.87. The third-order valence-corrected chi connectivity index (χ3v) is 4.43. The number of ether oxygens (including phenoxy) is 1. The van der Waals surface area contributed by atoms with Crippen LogP contribution in [0.5, 0.6) is 0 Å². The summed E-state index contributed by atoms with van der Waals surface area (Å²) in [5.74, 6) is 0.268. The lowest BCUT2D eigenvalue weighted by Gasteiger charge is -2.20. The van der Waals surface area contributed by atoms with Gasteiger partial charge in [0.1, 0.15) is 5.82 Å². The summed E-state index contributed by atoms with van der Waals surface area (Å²) in [7, 11) is 1.60. The van der Waals surface area contributed by atoms with E-state index in [0.29, 0.717) is 35.8 Å². The standard InChI is InChI=1S/C21H28N8O2/c1-14(29-24)10-17(15-6-4-3-5-7-15)27-21(30)28-19-11-16(12-22)20(18(13-23)26-19)25-8-9-31-2/h3-7,11-12,17,22,24-25H,1,8-10,13,23H2,2H3,(H2,26,27,28,30). The number of methoxy groups -OCH3 is 1. The highest BCUT2D eigenvalue weighted by Gasteiger charge is 2.17. The topological polar surface area (TPSA) is 161 Å². The van der Waals surface area contributed by atoms with E-state index in [1.807, 2.05) is 30.3 Å². The first-order valence-electron chi connectivity index (χ1n) is 9.67. The first-order chi connectivity index (χ1) is 15.0. The molecule has 1 unspecified atom stereocenters. The average molecular weight is 425 g/mol. The van der Waals surface area contributed by atoms with Crippen LogP contribution >= 0.6 is 0 Å². The Morgan fingerprint density at radius 2 is 2.13 bits per heavy atom. The van der Waals surface area contributed by atoms with Crippen LogP contribution in [0.2, 0.25) is 0 Å². The van der Waals surface area contributed by atoms with Crippen LogP contribution in [0.4, 0.5) is 16.3 Å². The quantitative estimate of drug-likeness (QED) is 0.175. The Morgan fingerprint density at radius 1 is 1.39 bits per heavy atom. The minimum Gasteiger partial charge on any atom is -0.383 e. The Kier molecular flexibility index (Phi) is 9.27. The maximum absolute atomic E-state index is 12.7. The second kappa shape index (κ2) is 12.2. The number of carbonyl (C=O) groups is 1. The molecule has 0 aliphatic heterocycles. The largest absolute Gasteiger partial charge is 0.383 e. The third-order valence-electron chi connectivity index (χ3n) is 4.43. The summed E-state index contributed by atoms with van der Waals surface area (Å²) in [6.07, 6.45) is 1.46. The van der Waals surface area contributed by atoms with Crippen molar-refractivity contribution in [2.24, 2.45) is 10.8 Å². The molecule has 1 atom stereocenters. The second-order valence-corrected chi connectivity index (χ2v) is 6.63. The van der Waals surface area contributed by atoms with Crippen LogP contribution < -0.4 is 21.7 Å². The molecular weight excluding hydrogens is 396 g/mol. The molecule has 0 aliphatic carbocycles. The summed E-state index contributed by atoms with van der Waals surface area (Å²) in [5.41, 5.74) is 15.9. The Hall–Kier alpha value is -3.63. The van der Waals surface area contributed by atoms with E-state index < -0.39 is 12.1 Å². The summed E-state index contributed by atoms with van der Waals surface area (Å²) in [6, 6.07) is 10.0. The molecule has 164 valence electrons. The lowest BCUT2D eigenvalue weighted by atomic mass is 10.0. The first kappa shape index (κ1) is 23.6. The number of urea groups is 1. The van der Waals surface area contributed by atoms with E-state index in [-0.39, 0.29) is 18.8 Å². The van der Waals surface area contributed by atoms with Gasteiger partial charge in [-0.25, -0.2) is 15.3 Å². The predicted molar refractivity (Wildman–Crippen MR) is 121 cm³/mol. The third kappa shape index (κ3) is 6.98. The molecule has 0 spiro atoms. The van der Waals surface area contributed by atoms with Gasteiger partial charge in [-0.1, -0.05) is 36.9 Å². The Bertz CT molecular complexity index is 917. The molecule has 0 fully saturated rings. The van der Waals surface area contributed by atoms with Gasteiger partial charge in [-0.3, -0.25) is 5.32 Å². The van der Waals surface area contributed by atoms with E-state index in [4.69, 9.17) is 21.4 Å². The smallest absolute Gasteiger partial charge is 0.320 e. The number of nitrogens with zero attached hydrogens (tertiary/aromatic N) is 2. The van der Waals surface area contributed by atoms with Crippen molar-refractivity contribution in [3.8, 4) is 0 Å². The minimum absolute atomic E-state index is 0.130. The number of hydrogen-bond acceptors (Lipinski definition) is 8. The van der Waals surface area contributed by atoms with Gasteiger partial charge in [-0.2, -0.15) is 5.11 Å². The number of amides is 2. The number of anilines is 2. The van der Waals surface area contributed by atoms with Gasteiger partial charge in [0.25, 0.3) is 0 Å². The molecule has 0 bridgehead atoms. The second-order valence-electron chi connectivity index (χ2n) is 6.63. The lowest BCUT2D eigenvalue weighted by molar-refractivity contribution is 0.210. The number of nitrogens with one attached hydrogen (secondary N) is 5. The maximum Gasteiger partial charge on any atom is 0.320 e. The summed E-state index contributed by atoms with van der Waals surface area (Å²) < 4.78 is 5.03. The van der Waals surface area contributed by atoms with Gasteiger partial charge in [0, 0.05) is 38.4 Å². The van der Waals surface area contributed by atoms with Gasteiger partial charge in [-0.15, -0.1) is 0 Å². The van der Waals surface area contributed by atoms with Crippen LogP contribution in [-0.4, -0.2) is 37.5 Å². The van der Waals surface area contributed by atoms with Crippen LogP contribution in [0, 0.1) is 10.9 Å². The van der Waals surface area contributed by atoms with E-state index in [1.54, 1.807) is 13.2 Å². The normalized spacial score (nSPS) is 11.3. The van der Waals surface area contributed by atoms with Gasteiger partial charge >= 0.3 is 6.03 Å². The van der Waals surface area contributed by atoms with Gasteiger partial charge in [0.2, 0.25) is 0 Å². The maximum atomic E-state index is 12.7. The molecule has 1 aromatic carbocycles. The van der Waals surface area contributed by atoms with Crippen LogP contribution in [0.15, 0.2) is 53.8 Å². The number of pyridine rings is 1. The molecule has 7 N–H and O–H groups in total. The molecule has 10 heteroatoms. The van der Waals surface area contributed by atoms with Gasteiger partial charge in [-0.05, 0) is 11.6 Å². The molecule has 1 heterocycles. The fourth-order valence-corrected chi connectivity index (χ4v) is 2.96. The highest BCUT2D eigenvalue weighted by molar-refractivity contribution is 5.92. The highest BCUT2D eigenvalue weighted by atomic mass is 16.5. The number of rotatable bonds is 12. The molecule has 1 aromatic heterocycles. The molecule has 0 saturated heterocycles. The van der Waals surface area contributed by atoms with Crippen molar-refractivity contribution < 1.29 is 9.53 Å². The molecule has 31 heavy (non-hydrogen) atoms. The van der Waals surface area contributed by atoms with Crippen molar-refractivity contribution in [1.82, 2.24) is 10.3 Å². The summed E-state index contributed by atoms with van der Waals surface area (Å²) in [5, 5.41) is 19.8. The zero-order valence-electron chi connectivity index (χ0n) is 17.4. The summed E-state index contributed by atoms with van der Waals surface area (Å²) >= 11 is 0. The monoisotopic (exact) mass is 424 g/mol. The van der Waals surface area contributed by atoms with E-state index in [9.17, 15) is 4.79 Å². The molecule has 2 amide bonds. The van der Waals surface area contributed by atoms with Crippen molar-refractivity contribution >= 4 is 23.8 Å². The van der Waals surface area contributed by atoms with Crippen LogP contribution in [0.3, 0.4) is 0 Å². The lowest BCUT2D eigenvalue weighted by Crippen LogP contribution is -2.33. The predicted octanol–water partition coefficient (Wildman–Crippen LogP) is 3.39. The van der Waals surface area contributed by atoms with Crippen LogP contribution in [-0.2, 0) is 11.3 Å². The molecular formula is C21H28N8O2. The van der Waals surface area contributed by atoms with Crippen LogP contribution in [0.25, 0.3) is 0 Å². The van der Waals surface area contributed by atoms with Crippen molar-refractivity contribution in [3.05, 3.63) is 65.5 Å². The van der Waals surface area contributed by atoms with E-state index in [2.05, 4.69) is 32.6 Å². The van der Waals surface area contributed by atoms with E-state index >= 15 is 0 Å². The number of aromatic nitrogens is 1. The summed E-state index contributed by atoms with van der Waals surface area (Å²) in [4.78, 5) is 17.1. The molecule has 2 aromatic rings. The van der Waals surface area contributed by atoms with E-state index in [1.165, 1.54) is 6.21 Å². The average Bonchev–Trinajstić information content (AvgIpc) is 2.79. The first-order valence-corrected chi connectivity index (χ1v) is 9.67. The zero-order chi connectivity index (χ0) is 22.6. The Balaban J connectivity index is 2.19.